The number of ether oxygens (including phenoxy) is 3. The summed E-state index contributed by atoms with van der Waals surface area (Å²) in [5, 5.41) is 19.0. The molecule has 0 aliphatic carbocycles. The second-order valence-corrected chi connectivity index (χ2v) is 6.34. The Morgan fingerprint density at radius 2 is 2.04 bits per heavy atom. The number of hydrogen-bond donors (Lipinski definition) is 1. The molecule has 7 nitrogen and oxygen atoms in total. The molecular weight excluding hydrogens is 360 g/mol. The molecule has 7 heteroatoms. The first-order valence-electron chi connectivity index (χ1n) is 8.88. The zero-order chi connectivity index (χ0) is 20.1. The predicted octanol–water partition coefficient (Wildman–Crippen LogP) is 2.15. The van der Waals surface area contributed by atoms with Gasteiger partial charge in [0.2, 0.25) is 0 Å². The number of rotatable bonds is 5. The van der Waals surface area contributed by atoms with E-state index in [4.69, 9.17) is 19.5 Å². The maximum Gasteiger partial charge on any atom is 0.254 e. The van der Waals surface area contributed by atoms with Gasteiger partial charge < -0.3 is 24.2 Å². The third-order valence-corrected chi connectivity index (χ3v) is 4.78. The van der Waals surface area contributed by atoms with Crippen LogP contribution in [0.25, 0.3) is 0 Å². The zero-order valence-electron chi connectivity index (χ0n) is 15.8. The number of carbonyl (C=O) groups is 1. The van der Waals surface area contributed by atoms with Crippen molar-refractivity contribution in [1.82, 2.24) is 4.90 Å². The maximum absolute atomic E-state index is 13.2. The van der Waals surface area contributed by atoms with Crippen molar-refractivity contribution in [2.75, 3.05) is 34.0 Å². The Labute approximate surface area is 163 Å². The summed E-state index contributed by atoms with van der Waals surface area (Å²) in [5.74, 6) is 0.878. The molecule has 1 amide bonds. The van der Waals surface area contributed by atoms with Crippen molar-refractivity contribution >= 4 is 5.91 Å². The van der Waals surface area contributed by atoms with E-state index < -0.39 is 12.1 Å². The van der Waals surface area contributed by atoms with Crippen molar-refractivity contribution in [3.63, 3.8) is 0 Å². The maximum atomic E-state index is 13.2. The van der Waals surface area contributed by atoms with E-state index >= 15 is 0 Å². The molecule has 2 atom stereocenters. The van der Waals surface area contributed by atoms with Crippen LogP contribution in [0.3, 0.4) is 0 Å². The molecule has 1 N–H and O–H groups in total. The Hall–Kier alpha value is -3.08. The third-order valence-electron chi connectivity index (χ3n) is 4.78. The Morgan fingerprint density at radius 1 is 1.25 bits per heavy atom. The Morgan fingerprint density at radius 3 is 2.71 bits per heavy atom. The fourth-order valence-corrected chi connectivity index (χ4v) is 3.43. The van der Waals surface area contributed by atoms with Crippen LogP contribution >= 0.6 is 0 Å². The van der Waals surface area contributed by atoms with E-state index in [9.17, 15) is 9.90 Å². The van der Waals surface area contributed by atoms with Gasteiger partial charge in [-0.15, -0.1) is 0 Å². The summed E-state index contributed by atoms with van der Waals surface area (Å²) >= 11 is 0. The number of nitriles is 1. The van der Waals surface area contributed by atoms with Crippen LogP contribution in [0.15, 0.2) is 42.5 Å². The van der Waals surface area contributed by atoms with E-state index in [1.807, 2.05) is 12.1 Å². The summed E-state index contributed by atoms with van der Waals surface area (Å²) in [5.41, 5.74) is 1.60. The Balaban J connectivity index is 2.01. The number of hydrogen-bond acceptors (Lipinski definition) is 6. The first-order valence-corrected chi connectivity index (χ1v) is 8.88. The minimum absolute atomic E-state index is 0.223. The monoisotopic (exact) mass is 382 g/mol. The predicted molar refractivity (Wildman–Crippen MR) is 101 cm³/mol. The van der Waals surface area contributed by atoms with Gasteiger partial charge in [0.25, 0.3) is 5.91 Å². The average Bonchev–Trinajstić information content (AvgIpc) is 2.77. The number of aliphatic hydroxyl groups excluding tert-OH is 1. The van der Waals surface area contributed by atoms with Gasteiger partial charge in [-0.2, -0.15) is 5.26 Å². The van der Waals surface area contributed by atoms with Crippen molar-refractivity contribution in [2.45, 2.75) is 12.1 Å². The Kier molecular flexibility index (Phi) is 6.14. The largest absolute Gasteiger partial charge is 0.493 e. The van der Waals surface area contributed by atoms with E-state index in [0.29, 0.717) is 35.8 Å². The average molecular weight is 382 g/mol. The molecule has 28 heavy (non-hydrogen) atoms. The lowest BCUT2D eigenvalue weighted by Crippen LogP contribution is -2.49. The van der Waals surface area contributed by atoms with Gasteiger partial charge >= 0.3 is 0 Å². The summed E-state index contributed by atoms with van der Waals surface area (Å²) in [6.07, 6.45) is -0.574. The second kappa shape index (κ2) is 8.74. The number of methoxy groups -OCH3 is 2. The molecule has 2 aromatic carbocycles. The van der Waals surface area contributed by atoms with Gasteiger partial charge in [-0.05, 0) is 35.9 Å². The van der Waals surface area contributed by atoms with E-state index in [1.54, 1.807) is 55.5 Å². The van der Waals surface area contributed by atoms with Gasteiger partial charge in [-0.25, -0.2) is 0 Å². The summed E-state index contributed by atoms with van der Waals surface area (Å²) in [6.45, 7) is 0.449. The Bertz CT molecular complexity index is 893. The van der Waals surface area contributed by atoms with Gasteiger partial charge in [0.1, 0.15) is 6.10 Å². The lowest BCUT2D eigenvalue weighted by atomic mass is 9.96. The molecule has 1 aliphatic heterocycles. The number of benzene rings is 2. The highest BCUT2D eigenvalue weighted by Crippen LogP contribution is 2.36. The lowest BCUT2D eigenvalue weighted by molar-refractivity contribution is -0.0811. The third kappa shape index (κ3) is 3.79. The van der Waals surface area contributed by atoms with Crippen molar-refractivity contribution in [3.05, 3.63) is 59.2 Å². The van der Waals surface area contributed by atoms with Crippen LogP contribution < -0.4 is 9.47 Å². The van der Waals surface area contributed by atoms with E-state index in [0.717, 1.165) is 5.56 Å². The number of morpholine rings is 1. The normalized spacial score (nSPS) is 19.0. The van der Waals surface area contributed by atoms with Gasteiger partial charge in [-0.3, -0.25) is 4.79 Å². The second-order valence-electron chi connectivity index (χ2n) is 6.34. The van der Waals surface area contributed by atoms with Gasteiger partial charge in [0.15, 0.2) is 11.5 Å². The summed E-state index contributed by atoms with van der Waals surface area (Å²) in [6, 6.07) is 13.5. The highest BCUT2D eigenvalue weighted by Gasteiger charge is 2.37. The van der Waals surface area contributed by atoms with E-state index in [2.05, 4.69) is 0 Å². The van der Waals surface area contributed by atoms with Gasteiger partial charge in [-0.1, -0.05) is 12.1 Å². The smallest absolute Gasteiger partial charge is 0.254 e. The number of amides is 1. The summed E-state index contributed by atoms with van der Waals surface area (Å²) in [4.78, 5) is 14.9. The topological polar surface area (TPSA) is 92.0 Å². The van der Waals surface area contributed by atoms with Crippen molar-refractivity contribution in [1.29, 1.82) is 5.26 Å². The minimum atomic E-state index is -0.574. The van der Waals surface area contributed by atoms with Crippen molar-refractivity contribution in [3.8, 4) is 17.6 Å². The van der Waals surface area contributed by atoms with Crippen LogP contribution in [0.2, 0.25) is 0 Å². The summed E-state index contributed by atoms with van der Waals surface area (Å²) < 4.78 is 16.4. The molecule has 1 aliphatic rings. The molecule has 0 saturated carbocycles. The number of carbonyl (C=O) groups excluding carboxylic acids is 1. The fraction of sp³-hybridized carbons (Fsp3) is 0.333. The molecule has 1 heterocycles. The zero-order valence-corrected chi connectivity index (χ0v) is 15.8. The first kappa shape index (κ1) is 19.7. The molecule has 0 radical (unpaired) electrons. The molecule has 0 aromatic heterocycles. The first-order chi connectivity index (χ1) is 13.6. The van der Waals surface area contributed by atoms with Crippen LogP contribution in [-0.4, -0.2) is 56.0 Å². The van der Waals surface area contributed by atoms with Crippen LogP contribution in [0.4, 0.5) is 0 Å². The quantitative estimate of drug-likeness (QED) is 0.852. The fourth-order valence-electron chi connectivity index (χ4n) is 3.43. The number of aliphatic hydroxyl groups is 1. The molecule has 0 bridgehead atoms. The lowest BCUT2D eigenvalue weighted by Gasteiger charge is -2.41. The van der Waals surface area contributed by atoms with Crippen LogP contribution in [0, 0.1) is 11.3 Å². The van der Waals surface area contributed by atoms with Crippen molar-refractivity contribution in [2.24, 2.45) is 0 Å². The van der Waals surface area contributed by atoms with Crippen LogP contribution in [0.5, 0.6) is 11.5 Å². The molecule has 0 spiro atoms. The van der Waals surface area contributed by atoms with E-state index in [1.165, 1.54) is 0 Å². The SMILES string of the molecule is COc1ccc([C@H]2[C@H](CO)OCCN2C(=O)c2cccc(C#N)c2)cc1OC. The standard InChI is InChI=1S/C21H22N2O5/c1-26-17-7-6-15(11-18(17)27-2)20-19(13-24)28-9-8-23(20)21(25)16-5-3-4-14(10-16)12-22/h3-7,10-11,19-20,24H,8-9,13H2,1-2H3/t19-,20-/m0/s1. The van der Waals surface area contributed by atoms with E-state index in [-0.39, 0.29) is 12.5 Å². The molecule has 3 rings (SSSR count). The molecule has 1 fully saturated rings. The summed E-state index contributed by atoms with van der Waals surface area (Å²) in [7, 11) is 3.09. The van der Waals surface area contributed by atoms with Crippen LogP contribution in [-0.2, 0) is 4.74 Å². The number of nitrogens with zero attached hydrogens (tertiary/aromatic N) is 2. The molecule has 0 unspecified atom stereocenters. The highest BCUT2D eigenvalue weighted by molar-refractivity contribution is 5.95. The molecule has 146 valence electrons. The highest BCUT2D eigenvalue weighted by atomic mass is 16.5. The van der Waals surface area contributed by atoms with Gasteiger partial charge in [0, 0.05) is 12.1 Å². The molecule has 1 saturated heterocycles. The minimum Gasteiger partial charge on any atom is -0.493 e. The molecular formula is C21H22N2O5. The molecule has 2 aromatic rings. The van der Waals surface area contributed by atoms with Gasteiger partial charge in [0.05, 0.1) is 45.1 Å². The van der Waals surface area contributed by atoms with Crippen molar-refractivity contribution < 1.29 is 24.1 Å². The van der Waals surface area contributed by atoms with Crippen LogP contribution in [0.1, 0.15) is 27.5 Å².